The van der Waals surface area contributed by atoms with Gasteiger partial charge in [0, 0.05) is 62.7 Å². The Hall–Kier alpha value is -2.64. The first kappa shape index (κ1) is 25.5. The lowest BCUT2D eigenvalue weighted by Crippen LogP contribution is -2.38. The second-order valence-corrected chi connectivity index (χ2v) is 9.99. The highest BCUT2D eigenvalue weighted by Crippen LogP contribution is 2.28. The maximum Gasteiger partial charge on any atom is 0.224 e. The van der Waals surface area contributed by atoms with Gasteiger partial charge in [-0.3, -0.25) is 4.79 Å². The zero-order chi connectivity index (χ0) is 24.6. The fourth-order valence-corrected chi connectivity index (χ4v) is 4.95. The molecule has 0 radical (unpaired) electrons. The van der Waals surface area contributed by atoms with Crippen molar-refractivity contribution >= 4 is 22.6 Å². The topological polar surface area (TPSA) is 60.9 Å². The Morgan fingerprint density at radius 3 is 2.77 bits per heavy atom. The molecule has 190 valence electrons. The van der Waals surface area contributed by atoms with Crippen LogP contribution in [0.1, 0.15) is 44.1 Å². The molecule has 35 heavy (non-hydrogen) atoms. The van der Waals surface area contributed by atoms with Crippen LogP contribution < -0.4 is 15.0 Å². The number of nitrogens with zero attached hydrogens (tertiary/aromatic N) is 4. The Labute approximate surface area is 210 Å². The molecule has 0 bridgehead atoms. The fourth-order valence-electron chi connectivity index (χ4n) is 4.95. The number of carbonyl (C=O) groups excluding carboxylic acids is 1. The number of allylic oxidation sites excluding steroid dienone is 1. The molecule has 1 N–H and O–H groups in total. The van der Waals surface area contributed by atoms with Gasteiger partial charge < -0.3 is 24.8 Å². The highest BCUT2D eigenvalue weighted by Gasteiger charge is 2.23. The van der Waals surface area contributed by atoms with E-state index in [9.17, 15) is 4.79 Å². The minimum Gasteiger partial charge on any atom is -0.497 e. The van der Waals surface area contributed by atoms with Crippen LogP contribution in [0.4, 0.5) is 5.82 Å². The van der Waals surface area contributed by atoms with Crippen molar-refractivity contribution in [2.24, 2.45) is 0 Å². The normalized spacial score (nSPS) is 17.1. The molecule has 1 saturated heterocycles. The van der Waals surface area contributed by atoms with E-state index in [4.69, 9.17) is 9.72 Å². The van der Waals surface area contributed by atoms with Gasteiger partial charge in [0.05, 0.1) is 12.6 Å². The Balaban J connectivity index is 1.51. The molecule has 0 saturated carbocycles. The number of anilines is 1. The SMILES string of the molecule is COc1ccc2cc(CNCCC3=CCCCC3)c(N3CCC(=O)N(CCN(C)C)CC3)nc2c1. The maximum absolute atomic E-state index is 12.8. The molecule has 1 aromatic heterocycles. The predicted octanol–water partition coefficient (Wildman–Crippen LogP) is 3.82. The van der Waals surface area contributed by atoms with Crippen LogP contribution in [0.3, 0.4) is 0 Å². The van der Waals surface area contributed by atoms with E-state index in [1.807, 2.05) is 31.1 Å². The van der Waals surface area contributed by atoms with Crippen LogP contribution >= 0.6 is 0 Å². The lowest BCUT2D eigenvalue weighted by atomic mass is 9.97. The van der Waals surface area contributed by atoms with Gasteiger partial charge in [-0.2, -0.15) is 0 Å². The number of aromatic nitrogens is 1. The number of ether oxygens (including phenoxy) is 1. The Morgan fingerprint density at radius 2 is 2.00 bits per heavy atom. The zero-order valence-electron chi connectivity index (χ0n) is 21.7. The van der Waals surface area contributed by atoms with Crippen LogP contribution in [0.2, 0.25) is 0 Å². The standard InChI is InChI=1S/C28H41N5O2/c1-31(2)15-16-32-17-18-33(14-12-27(32)34)28-24(21-29-13-11-22-7-5-4-6-8-22)19-23-9-10-25(35-3)20-26(23)30-28/h7,9-10,19-20,29H,4-6,8,11-18,21H2,1-3H3. The summed E-state index contributed by atoms with van der Waals surface area (Å²) in [5.74, 6) is 2.03. The van der Waals surface area contributed by atoms with Crippen molar-refractivity contribution in [2.75, 3.05) is 65.4 Å². The molecule has 1 aliphatic heterocycles. The van der Waals surface area contributed by atoms with Crippen molar-refractivity contribution in [2.45, 2.75) is 45.1 Å². The third-order valence-electron chi connectivity index (χ3n) is 7.11. The number of carbonyl (C=O) groups is 1. The third kappa shape index (κ3) is 6.95. The molecule has 1 aromatic carbocycles. The van der Waals surface area contributed by atoms with Gasteiger partial charge in [0.2, 0.25) is 5.91 Å². The smallest absolute Gasteiger partial charge is 0.224 e. The summed E-state index contributed by atoms with van der Waals surface area (Å²) in [6.45, 7) is 5.61. The highest BCUT2D eigenvalue weighted by molar-refractivity contribution is 5.83. The molecule has 7 nitrogen and oxygen atoms in total. The molecule has 7 heteroatoms. The number of rotatable bonds is 10. The van der Waals surface area contributed by atoms with Crippen molar-refractivity contribution in [3.05, 3.63) is 41.5 Å². The number of methoxy groups -OCH3 is 1. The molecule has 1 fully saturated rings. The summed E-state index contributed by atoms with van der Waals surface area (Å²) in [5.41, 5.74) is 3.71. The summed E-state index contributed by atoms with van der Waals surface area (Å²) in [6.07, 6.45) is 9.21. The molecule has 2 heterocycles. The van der Waals surface area contributed by atoms with E-state index in [0.29, 0.717) is 13.0 Å². The lowest BCUT2D eigenvalue weighted by molar-refractivity contribution is -0.130. The number of benzene rings is 1. The van der Waals surface area contributed by atoms with Gasteiger partial charge in [0.25, 0.3) is 0 Å². The maximum atomic E-state index is 12.8. The van der Waals surface area contributed by atoms with Gasteiger partial charge in [0.1, 0.15) is 11.6 Å². The number of pyridine rings is 1. The van der Waals surface area contributed by atoms with Gasteiger partial charge in [-0.1, -0.05) is 11.6 Å². The van der Waals surface area contributed by atoms with Gasteiger partial charge in [0.15, 0.2) is 0 Å². The first-order valence-electron chi connectivity index (χ1n) is 13.1. The van der Waals surface area contributed by atoms with Gasteiger partial charge in [-0.15, -0.1) is 0 Å². The van der Waals surface area contributed by atoms with Crippen LogP contribution in [0.25, 0.3) is 10.9 Å². The largest absolute Gasteiger partial charge is 0.497 e. The van der Waals surface area contributed by atoms with Crippen molar-refractivity contribution in [3.63, 3.8) is 0 Å². The number of hydrogen-bond acceptors (Lipinski definition) is 6. The van der Waals surface area contributed by atoms with Crippen molar-refractivity contribution in [1.29, 1.82) is 0 Å². The molecule has 1 aliphatic carbocycles. The number of amides is 1. The molecular formula is C28H41N5O2. The van der Waals surface area contributed by atoms with Crippen LogP contribution in [-0.4, -0.2) is 81.2 Å². The van der Waals surface area contributed by atoms with Crippen molar-refractivity contribution in [1.82, 2.24) is 20.1 Å². The van der Waals surface area contributed by atoms with Gasteiger partial charge in [-0.25, -0.2) is 4.98 Å². The zero-order valence-corrected chi connectivity index (χ0v) is 21.7. The summed E-state index contributed by atoms with van der Waals surface area (Å²) in [4.78, 5) is 24.3. The Bertz CT molecular complexity index is 1040. The van der Waals surface area contributed by atoms with Crippen LogP contribution in [-0.2, 0) is 11.3 Å². The molecular weight excluding hydrogens is 438 g/mol. The minimum absolute atomic E-state index is 0.234. The number of fused-ring (bicyclic) bond motifs is 1. The summed E-state index contributed by atoms with van der Waals surface area (Å²) in [5, 5.41) is 4.78. The van der Waals surface area contributed by atoms with Crippen LogP contribution in [0, 0.1) is 0 Å². The van der Waals surface area contributed by atoms with Gasteiger partial charge in [-0.05, 0) is 70.9 Å². The Morgan fingerprint density at radius 1 is 1.11 bits per heavy atom. The van der Waals surface area contributed by atoms with E-state index >= 15 is 0 Å². The molecule has 4 rings (SSSR count). The quantitative estimate of drug-likeness (QED) is 0.413. The first-order valence-corrected chi connectivity index (χ1v) is 13.1. The number of likely N-dealkylation sites (N-methyl/N-ethyl adjacent to an activating group) is 1. The summed E-state index contributed by atoms with van der Waals surface area (Å²) < 4.78 is 5.44. The summed E-state index contributed by atoms with van der Waals surface area (Å²) >= 11 is 0. The first-order chi connectivity index (χ1) is 17.0. The fraction of sp³-hybridized carbons (Fsp3) is 0.571. The van der Waals surface area contributed by atoms with Crippen LogP contribution in [0.15, 0.2) is 35.9 Å². The number of hydrogen-bond donors (Lipinski definition) is 1. The highest BCUT2D eigenvalue weighted by atomic mass is 16.5. The molecule has 2 aromatic rings. The molecule has 0 atom stereocenters. The number of nitrogens with one attached hydrogen (secondary N) is 1. The van der Waals surface area contributed by atoms with E-state index in [2.05, 4.69) is 33.3 Å². The Kier molecular flexibility index (Phi) is 8.99. The monoisotopic (exact) mass is 479 g/mol. The van der Waals surface area contributed by atoms with Crippen LogP contribution in [0.5, 0.6) is 5.75 Å². The third-order valence-corrected chi connectivity index (χ3v) is 7.11. The van der Waals surface area contributed by atoms with Crippen molar-refractivity contribution in [3.8, 4) is 5.75 Å². The van der Waals surface area contributed by atoms with E-state index in [1.54, 1.807) is 12.7 Å². The van der Waals surface area contributed by atoms with E-state index in [-0.39, 0.29) is 5.91 Å². The molecule has 0 spiro atoms. The predicted molar refractivity (Wildman–Crippen MR) is 143 cm³/mol. The van der Waals surface area contributed by atoms with Gasteiger partial charge >= 0.3 is 0 Å². The average molecular weight is 480 g/mol. The van der Waals surface area contributed by atoms with E-state index < -0.39 is 0 Å². The van der Waals surface area contributed by atoms with E-state index in [1.165, 1.54) is 31.2 Å². The minimum atomic E-state index is 0.234. The molecule has 2 aliphatic rings. The van der Waals surface area contributed by atoms with Crippen molar-refractivity contribution < 1.29 is 9.53 Å². The summed E-state index contributed by atoms with van der Waals surface area (Å²) in [7, 11) is 5.78. The van der Waals surface area contributed by atoms with E-state index in [0.717, 1.165) is 68.2 Å². The molecule has 1 amide bonds. The second kappa shape index (κ2) is 12.4. The second-order valence-electron chi connectivity index (χ2n) is 9.99. The molecule has 0 unspecified atom stereocenters. The summed E-state index contributed by atoms with van der Waals surface area (Å²) in [6, 6.07) is 8.32. The lowest BCUT2D eigenvalue weighted by Gasteiger charge is -2.26. The average Bonchev–Trinajstić information content (AvgIpc) is 3.06.